The van der Waals surface area contributed by atoms with Gasteiger partial charge in [-0.3, -0.25) is 14.2 Å². The second-order valence-electron chi connectivity index (χ2n) is 8.75. The van der Waals surface area contributed by atoms with E-state index in [1.54, 1.807) is 15.9 Å². The van der Waals surface area contributed by atoms with E-state index in [9.17, 15) is 9.59 Å². The highest BCUT2D eigenvalue weighted by atomic mass is 32.1. The summed E-state index contributed by atoms with van der Waals surface area (Å²) in [7, 11) is 3.90. The average Bonchev–Trinajstić information content (AvgIpc) is 3.14. The molecule has 3 aromatic rings. The number of carbonyl (C=O) groups is 1. The van der Waals surface area contributed by atoms with E-state index < -0.39 is 0 Å². The molecule has 1 aliphatic carbocycles. The lowest BCUT2D eigenvalue weighted by Crippen LogP contribution is -2.33. The van der Waals surface area contributed by atoms with Crippen LogP contribution < -0.4 is 10.9 Å². The lowest BCUT2D eigenvalue weighted by molar-refractivity contribution is -0.116. The molecule has 0 radical (unpaired) electrons. The number of hydrogen-bond acceptors (Lipinski definition) is 5. The highest BCUT2D eigenvalue weighted by Gasteiger charge is 2.23. The quantitative estimate of drug-likeness (QED) is 0.584. The van der Waals surface area contributed by atoms with E-state index in [2.05, 4.69) is 19.2 Å². The van der Waals surface area contributed by atoms with Crippen molar-refractivity contribution in [3.8, 4) is 0 Å². The molecule has 1 amide bonds. The molecule has 4 rings (SSSR count). The van der Waals surface area contributed by atoms with Gasteiger partial charge in [0.2, 0.25) is 5.91 Å². The number of nitrogens with one attached hydrogen (secondary N) is 1. The van der Waals surface area contributed by atoms with Crippen molar-refractivity contribution < 1.29 is 4.79 Å². The number of nitrogens with zero attached hydrogens (tertiary/aromatic N) is 3. The number of hydrogen-bond donors (Lipinski definition) is 1. The number of aromatic nitrogens is 2. The maximum absolute atomic E-state index is 13.6. The summed E-state index contributed by atoms with van der Waals surface area (Å²) in [6.07, 6.45) is 5.89. The van der Waals surface area contributed by atoms with Crippen molar-refractivity contribution in [1.82, 2.24) is 14.5 Å². The van der Waals surface area contributed by atoms with Crippen molar-refractivity contribution >= 4 is 33.1 Å². The first-order valence-electron chi connectivity index (χ1n) is 11.5. The molecule has 0 atom stereocenters. The first-order valence-corrected chi connectivity index (χ1v) is 12.3. The van der Waals surface area contributed by atoms with Gasteiger partial charge in [-0.2, -0.15) is 0 Å². The molecular weight excluding hydrogens is 420 g/mol. The second kappa shape index (κ2) is 9.55. The van der Waals surface area contributed by atoms with E-state index in [0.717, 1.165) is 71.1 Å². The lowest BCUT2D eigenvalue weighted by atomic mass is 9.97. The van der Waals surface area contributed by atoms with Gasteiger partial charge in [0.15, 0.2) is 0 Å². The van der Waals surface area contributed by atoms with Crippen LogP contribution in [-0.2, 0) is 43.6 Å². The Balaban J connectivity index is 1.74. The summed E-state index contributed by atoms with van der Waals surface area (Å²) in [4.78, 5) is 35.8. The molecule has 0 unspecified atom stereocenters. The predicted molar refractivity (Wildman–Crippen MR) is 132 cm³/mol. The van der Waals surface area contributed by atoms with Crippen molar-refractivity contribution in [3.63, 3.8) is 0 Å². The van der Waals surface area contributed by atoms with Crippen molar-refractivity contribution in [1.29, 1.82) is 0 Å². The molecule has 1 N–H and O–H groups in total. The Kier molecular flexibility index (Phi) is 6.76. The van der Waals surface area contributed by atoms with Crippen LogP contribution in [0.2, 0.25) is 0 Å². The summed E-state index contributed by atoms with van der Waals surface area (Å²) in [6.45, 7) is 4.65. The molecule has 0 spiro atoms. The van der Waals surface area contributed by atoms with Gasteiger partial charge in [0.25, 0.3) is 5.56 Å². The summed E-state index contributed by atoms with van der Waals surface area (Å²) in [5.41, 5.74) is 4.18. The van der Waals surface area contributed by atoms with Gasteiger partial charge >= 0.3 is 0 Å². The van der Waals surface area contributed by atoms with Gasteiger partial charge in [-0.1, -0.05) is 32.0 Å². The highest BCUT2D eigenvalue weighted by Crippen LogP contribution is 2.34. The van der Waals surface area contributed by atoms with Crippen molar-refractivity contribution in [2.75, 3.05) is 19.4 Å². The topological polar surface area (TPSA) is 67.2 Å². The molecule has 0 bridgehead atoms. The smallest absolute Gasteiger partial charge is 0.263 e. The van der Waals surface area contributed by atoms with E-state index in [1.807, 2.05) is 37.2 Å². The van der Waals surface area contributed by atoms with Crippen LogP contribution in [0.15, 0.2) is 23.0 Å². The molecule has 7 heteroatoms. The Morgan fingerprint density at radius 2 is 1.84 bits per heavy atom. The van der Waals surface area contributed by atoms with Gasteiger partial charge in [-0.25, -0.2) is 4.98 Å². The highest BCUT2D eigenvalue weighted by molar-refractivity contribution is 7.18. The normalized spacial score (nSPS) is 13.5. The number of para-hydroxylation sites is 1. The molecule has 6 nitrogen and oxygen atoms in total. The average molecular weight is 453 g/mol. The zero-order valence-electron chi connectivity index (χ0n) is 19.5. The Labute approximate surface area is 193 Å². The standard InChI is InChI=1S/C25H32N4O2S/c1-5-16-10-9-11-17(6-2)23(16)27-21(30)15-29-20(14-28(3)4)26-24-22(25(29)31)18-12-7-8-13-19(18)32-24/h9-11H,5-8,12-15H2,1-4H3,(H,27,30). The lowest BCUT2D eigenvalue weighted by Gasteiger charge is -2.18. The van der Waals surface area contributed by atoms with Gasteiger partial charge in [-0.15, -0.1) is 11.3 Å². The zero-order valence-corrected chi connectivity index (χ0v) is 20.3. The van der Waals surface area contributed by atoms with E-state index in [0.29, 0.717) is 12.4 Å². The van der Waals surface area contributed by atoms with Crippen LogP contribution in [0.3, 0.4) is 0 Å². The summed E-state index contributed by atoms with van der Waals surface area (Å²) in [5.74, 6) is 0.452. The number of aryl methyl sites for hydroxylation is 4. The maximum atomic E-state index is 13.6. The number of thiophene rings is 1. The third-order valence-electron chi connectivity index (χ3n) is 6.18. The molecule has 0 fully saturated rings. The molecule has 2 heterocycles. The molecule has 2 aromatic heterocycles. The van der Waals surface area contributed by atoms with Crippen LogP contribution in [-0.4, -0.2) is 34.5 Å². The minimum Gasteiger partial charge on any atom is -0.324 e. The Hall–Kier alpha value is -2.51. The van der Waals surface area contributed by atoms with Crippen LogP contribution in [0.4, 0.5) is 5.69 Å². The summed E-state index contributed by atoms with van der Waals surface area (Å²) >= 11 is 1.65. The minimum atomic E-state index is -0.187. The van der Waals surface area contributed by atoms with Crippen LogP contribution in [0.25, 0.3) is 10.2 Å². The van der Waals surface area contributed by atoms with Gasteiger partial charge < -0.3 is 10.2 Å². The molecule has 170 valence electrons. The fraction of sp³-hybridized carbons (Fsp3) is 0.480. The summed E-state index contributed by atoms with van der Waals surface area (Å²) in [5, 5.41) is 3.83. The molecular formula is C25H32N4O2S. The van der Waals surface area contributed by atoms with E-state index in [1.165, 1.54) is 4.88 Å². The fourth-order valence-electron chi connectivity index (χ4n) is 4.57. The number of amides is 1. The SMILES string of the molecule is CCc1cccc(CC)c1NC(=O)Cn1c(CN(C)C)nc2sc3c(c2c1=O)CCCC3. The molecule has 0 saturated carbocycles. The number of carbonyl (C=O) groups excluding carboxylic acids is 1. The first-order chi connectivity index (χ1) is 15.4. The van der Waals surface area contributed by atoms with E-state index in [4.69, 9.17) is 4.98 Å². The first kappa shape index (κ1) is 22.7. The number of benzene rings is 1. The van der Waals surface area contributed by atoms with Gasteiger partial charge in [0.1, 0.15) is 17.2 Å². The Bertz CT molecular complexity index is 1190. The van der Waals surface area contributed by atoms with Crippen molar-refractivity contribution in [3.05, 3.63) is 55.9 Å². The molecule has 1 aliphatic rings. The van der Waals surface area contributed by atoms with Gasteiger partial charge in [0, 0.05) is 10.6 Å². The molecule has 0 aliphatic heterocycles. The minimum absolute atomic E-state index is 0.0310. The van der Waals surface area contributed by atoms with Crippen molar-refractivity contribution in [2.45, 2.75) is 65.5 Å². The van der Waals surface area contributed by atoms with Crippen molar-refractivity contribution in [2.24, 2.45) is 0 Å². The second-order valence-corrected chi connectivity index (χ2v) is 9.84. The number of fused-ring (bicyclic) bond motifs is 3. The third kappa shape index (κ3) is 4.36. The summed E-state index contributed by atoms with van der Waals surface area (Å²) in [6, 6.07) is 6.12. The number of rotatable bonds is 7. The molecule has 0 saturated heterocycles. The van der Waals surface area contributed by atoms with Gasteiger partial charge in [0.05, 0.1) is 11.9 Å². The molecule has 32 heavy (non-hydrogen) atoms. The van der Waals surface area contributed by atoms with E-state index in [-0.39, 0.29) is 18.0 Å². The molecule has 1 aromatic carbocycles. The van der Waals surface area contributed by atoms with Gasteiger partial charge in [-0.05, 0) is 69.3 Å². The van der Waals surface area contributed by atoms with Crippen LogP contribution in [0, 0.1) is 0 Å². The zero-order chi connectivity index (χ0) is 22.8. The third-order valence-corrected chi connectivity index (χ3v) is 7.36. The fourth-order valence-corrected chi connectivity index (χ4v) is 5.84. The summed E-state index contributed by atoms with van der Waals surface area (Å²) < 4.78 is 1.58. The van der Waals surface area contributed by atoms with Crippen LogP contribution in [0.5, 0.6) is 0 Å². The Morgan fingerprint density at radius 3 is 2.50 bits per heavy atom. The maximum Gasteiger partial charge on any atom is 0.263 e. The van der Waals surface area contributed by atoms with E-state index >= 15 is 0 Å². The Morgan fingerprint density at radius 1 is 1.16 bits per heavy atom. The number of anilines is 1. The van der Waals surface area contributed by atoms with Crippen LogP contribution in [0.1, 0.15) is 54.1 Å². The van der Waals surface area contributed by atoms with Crippen LogP contribution >= 0.6 is 11.3 Å². The largest absolute Gasteiger partial charge is 0.324 e. The monoisotopic (exact) mass is 452 g/mol. The predicted octanol–water partition coefficient (Wildman–Crippen LogP) is 4.16.